The molecule has 0 spiro atoms. The first-order valence-electron chi connectivity index (χ1n) is 8.03. The van der Waals surface area contributed by atoms with Gasteiger partial charge in [0.05, 0.1) is 11.9 Å². The van der Waals surface area contributed by atoms with Crippen molar-refractivity contribution in [2.45, 2.75) is 25.2 Å². The van der Waals surface area contributed by atoms with E-state index < -0.39 is 12.3 Å². The van der Waals surface area contributed by atoms with Gasteiger partial charge in [-0.1, -0.05) is 0 Å². The quantitative estimate of drug-likeness (QED) is 0.759. The predicted molar refractivity (Wildman–Crippen MR) is 88.3 cm³/mol. The number of alkyl halides is 2. The summed E-state index contributed by atoms with van der Waals surface area (Å²) in [4.78, 5) is 28.9. The van der Waals surface area contributed by atoms with Crippen molar-refractivity contribution in [1.82, 2.24) is 24.5 Å². The minimum absolute atomic E-state index is 0.198. The molecular formula is C17H14F2N6O. The minimum Gasteiger partial charge on any atom is -0.319 e. The molecule has 132 valence electrons. The van der Waals surface area contributed by atoms with Crippen LogP contribution in [0.1, 0.15) is 47.1 Å². The SMILES string of the molecule is O=C(Nc1ccc(C(F)F)nc1)c1cc(C2CC2)nc(-n2ccnc2)n1. The average Bonchev–Trinajstić information content (AvgIpc) is 3.36. The van der Waals surface area contributed by atoms with Crippen molar-refractivity contribution in [2.24, 2.45) is 0 Å². The third kappa shape index (κ3) is 3.41. The van der Waals surface area contributed by atoms with Crippen LogP contribution in [0.5, 0.6) is 0 Å². The molecule has 26 heavy (non-hydrogen) atoms. The van der Waals surface area contributed by atoms with E-state index in [2.05, 4.69) is 25.3 Å². The van der Waals surface area contributed by atoms with Gasteiger partial charge >= 0.3 is 0 Å². The van der Waals surface area contributed by atoms with Gasteiger partial charge < -0.3 is 5.32 Å². The van der Waals surface area contributed by atoms with Crippen molar-refractivity contribution >= 4 is 11.6 Å². The number of anilines is 1. The van der Waals surface area contributed by atoms with Crippen LogP contribution < -0.4 is 5.32 Å². The van der Waals surface area contributed by atoms with Gasteiger partial charge in [0.1, 0.15) is 17.7 Å². The van der Waals surface area contributed by atoms with E-state index in [-0.39, 0.29) is 11.4 Å². The predicted octanol–water partition coefficient (Wildman–Crippen LogP) is 3.12. The van der Waals surface area contributed by atoms with Crippen LogP contribution in [0.4, 0.5) is 14.5 Å². The number of carbonyl (C=O) groups is 1. The van der Waals surface area contributed by atoms with Gasteiger partial charge in [0.25, 0.3) is 12.3 Å². The number of hydrogen-bond donors (Lipinski definition) is 1. The molecule has 1 saturated carbocycles. The van der Waals surface area contributed by atoms with Crippen molar-refractivity contribution in [1.29, 1.82) is 0 Å². The molecule has 4 rings (SSSR count). The second-order valence-electron chi connectivity index (χ2n) is 5.95. The fourth-order valence-corrected chi connectivity index (χ4v) is 2.45. The van der Waals surface area contributed by atoms with Crippen LogP contribution in [0, 0.1) is 0 Å². The lowest BCUT2D eigenvalue weighted by molar-refractivity contribution is 0.102. The highest BCUT2D eigenvalue weighted by Crippen LogP contribution is 2.39. The molecule has 3 heterocycles. The first kappa shape index (κ1) is 16.2. The van der Waals surface area contributed by atoms with Gasteiger partial charge in [-0.25, -0.2) is 23.7 Å². The fourth-order valence-electron chi connectivity index (χ4n) is 2.45. The largest absolute Gasteiger partial charge is 0.319 e. The zero-order valence-corrected chi connectivity index (χ0v) is 13.5. The number of aromatic nitrogens is 5. The van der Waals surface area contributed by atoms with E-state index in [1.54, 1.807) is 29.4 Å². The van der Waals surface area contributed by atoms with E-state index >= 15 is 0 Å². The molecule has 1 amide bonds. The lowest BCUT2D eigenvalue weighted by atomic mass is 10.2. The Labute approximate surface area is 147 Å². The summed E-state index contributed by atoms with van der Waals surface area (Å²) in [6.07, 6.45) is 5.45. The maximum absolute atomic E-state index is 12.6. The summed E-state index contributed by atoms with van der Waals surface area (Å²) in [7, 11) is 0. The average molecular weight is 356 g/mol. The van der Waals surface area contributed by atoms with Crippen LogP contribution in [-0.2, 0) is 0 Å². The smallest absolute Gasteiger partial charge is 0.280 e. The second kappa shape index (κ2) is 6.58. The highest BCUT2D eigenvalue weighted by atomic mass is 19.3. The van der Waals surface area contributed by atoms with Gasteiger partial charge in [-0.05, 0) is 31.0 Å². The molecule has 0 unspecified atom stereocenters. The summed E-state index contributed by atoms with van der Waals surface area (Å²) in [6, 6.07) is 4.22. The molecule has 1 aliphatic carbocycles. The summed E-state index contributed by atoms with van der Waals surface area (Å²) in [5.41, 5.74) is 0.974. The van der Waals surface area contributed by atoms with Gasteiger partial charge in [-0.15, -0.1) is 0 Å². The van der Waals surface area contributed by atoms with Gasteiger partial charge in [0.2, 0.25) is 5.95 Å². The molecule has 9 heteroatoms. The third-order valence-electron chi connectivity index (χ3n) is 3.97. The van der Waals surface area contributed by atoms with Crippen LogP contribution in [0.25, 0.3) is 5.95 Å². The van der Waals surface area contributed by atoms with E-state index in [0.29, 0.717) is 17.6 Å². The molecule has 0 radical (unpaired) electrons. The number of imidazole rings is 1. The lowest BCUT2D eigenvalue weighted by Crippen LogP contribution is -2.16. The van der Waals surface area contributed by atoms with Gasteiger partial charge in [-0.3, -0.25) is 14.3 Å². The van der Waals surface area contributed by atoms with Crippen LogP contribution in [0.3, 0.4) is 0 Å². The Balaban J connectivity index is 1.60. The third-order valence-corrected chi connectivity index (χ3v) is 3.97. The molecule has 0 atom stereocenters. The maximum Gasteiger partial charge on any atom is 0.280 e. The van der Waals surface area contributed by atoms with E-state index in [0.717, 1.165) is 18.5 Å². The van der Waals surface area contributed by atoms with Gasteiger partial charge in [0, 0.05) is 24.0 Å². The van der Waals surface area contributed by atoms with Gasteiger partial charge in [0.15, 0.2) is 0 Å². The van der Waals surface area contributed by atoms with E-state index in [9.17, 15) is 13.6 Å². The van der Waals surface area contributed by atoms with Gasteiger partial charge in [-0.2, -0.15) is 0 Å². The molecule has 7 nitrogen and oxygen atoms in total. The van der Waals surface area contributed by atoms with E-state index in [1.807, 2.05) is 0 Å². The van der Waals surface area contributed by atoms with Crippen molar-refractivity contribution < 1.29 is 13.6 Å². The second-order valence-corrected chi connectivity index (χ2v) is 5.95. The number of nitrogens with one attached hydrogen (secondary N) is 1. The fraction of sp³-hybridized carbons (Fsp3) is 0.235. The Hall–Kier alpha value is -3.23. The van der Waals surface area contributed by atoms with Crippen molar-refractivity contribution in [3.05, 3.63) is 60.2 Å². The highest BCUT2D eigenvalue weighted by molar-refractivity contribution is 6.02. The Kier molecular flexibility index (Phi) is 4.11. The molecular weight excluding hydrogens is 342 g/mol. The Morgan fingerprint density at radius 3 is 2.73 bits per heavy atom. The molecule has 0 saturated heterocycles. The minimum atomic E-state index is -2.65. The first-order valence-corrected chi connectivity index (χ1v) is 8.03. The zero-order valence-electron chi connectivity index (χ0n) is 13.5. The van der Waals surface area contributed by atoms with Crippen LogP contribution in [-0.4, -0.2) is 30.4 Å². The molecule has 3 aromatic heterocycles. The molecule has 0 bridgehead atoms. The highest BCUT2D eigenvalue weighted by Gasteiger charge is 2.27. The first-order chi connectivity index (χ1) is 12.6. The number of nitrogens with zero attached hydrogens (tertiary/aromatic N) is 5. The summed E-state index contributed by atoms with van der Waals surface area (Å²) in [5.74, 6) is 0.240. The molecule has 1 fully saturated rings. The molecule has 1 N–H and O–H groups in total. The topological polar surface area (TPSA) is 85.6 Å². The van der Waals surface area contributed by atoms with Crippen LogP contribution in [0.15, 0.2) is 43.1 Å². The molecule has 3 aromatic rings. The maximum atomic E-state index is 12.6. The summed E-state index contributed by atoms with van der Waals surface area (Å²) in [5, 5.41) is 2.62. The molecule has 0 aromatic carbocycles. The van der Waals surface area contributed by atoms with Crippen molar-refractivity contribution in [3.63, 3.8) is 0 Å². The Morgan fingerprint density at radius 2 is 2.12 bits per heavy atom. The number of carbonyl (C=O) groups excluding carboxylic acids is 1. The van der Waals surface area contributed by atoms with Crippen molar-refractivity contribution in [3.8, 4) is 5.95 Å². The van der Waals surface area contributed by atoms with Crippen LogP contribution >= 0.6 is 0 Å². The standard InChI is InChI=1S/C17H14F2N6O/c18-15(19)12-4-3-11(8-21-12)22-16(26)14-7-13(10-1-2-10)23-17(24-14)25-6-5-20-9-25/h3-10,15H,1-2H2,(H,22,26). The monoisotopic (exact) mass is 356 g/mol. The number of hydrogen-bond acceptors (Lipinski definition) is 5. The number of rotatable bonds is 5. The molecule has 1 aliphatic rings. The summed E-state index contributed by atoms with van der Waals surface area (Å²) < 4.78 is 26.7. The number of amides is 1. The summed E-state index contributed by atoms with van der Waals surface area (Å²) >= 11 is 0. The number of pyridine rings is 1. The van der Waals surface area contributed by atoms with Crippen LogP contribution in [0.2, 0.25) is 0 Å². The molecule has 0 aliphatic heterocycles. The zero-order chi connectivity index (χ0) is 18.1. The Morgan fingerprint density at radius 1 is 1.27 bits per heavy atom. The summed E-state index contributed by atoms with van der Waals surface area (Å²) in [6.45, 7) is 0. The number of halogens is 2. The lowest BCUT2D eigenvalue weighted by Gasteiger charge is -2.09. The Bertz CT molecular complexity index is 923. The van der Waals surface area contributed by atoms with E-state index in [4.69, 9.17) is 0 Å². The normalized spacial score (nSPS) is 13.8. The van der Waals surface area contributed by atoms with Crippen molar-refractivity contribution in [2.75, 3.05) is 5.32 Å². The van der Waals surface area contributed by atoms with E-state index in [1.165, 1.54) is 18.3 Å².